The van der Waals surface area contributed by atoms with Gasteiger partial charge in [-0.05, 0) is 25.2 Å². The first-order chi connectivity index (χ1) is 24.7. The average molecular weight is 728 g/mol. The third-order valence-corrected chi connectivity index (χ3v) is 10.3. The van der Waals surface area contributed by atoms with Crippen LogP contribution in [0, 0.1) is 5.92 Å². The minimum absolute atomic E-state index is 0.177. The minimum atomic E-state index is -1.56. The lowest BCUT2D eigenvalue weighted by Gasteiger charge is -2.40. The Morgan fingerprint density at radius 1 is 0.706 bits per heavy atom. The Morgan fingerprint density at radius 2 is 1.20 bits per heavy atom. The summed E-state index contributed by atoms with van der Waals surface area (Å²) >= 11 is 0. The molecule has 1 saturated heterocycles. The van der Waals surface area contributed by atoms with Crippen LogP contribution in [0.5, 0.6) is 0 Å². The highest BCUT2D eigenvalue weighted by atomic mass is 16.7. The molecule has 1 aliphatic rings. The van der Waals surface area contributed by atoms with E-state index in [4.69, 9.17) is 9.47 Å². The van der Waals surface area contributed by atoms with Crippen LogP contribution < -0.4 is 5.32 Å². The summed E-state index contributed by atoms with van der Waals surface area (Å²) in [6.07, 6.45) is 26.8. The number of ether oxygens (including phenoxy) is 2. The van der Waals surface area contributed by atoms with Gasteiger partial charge in [0, 0.05) is 6.42 Å². The van der Waals surface area contributed by atoms with Crippen molar-refractivity contribution in [1.82, 2.24) is 5.32 Å². The molecule has 0 aliphatic carbocycles. The van der Waals surface area contributed by atoms with Crippen molar-refractivity contribution in [3.05, 3.63) is 12.2 Å². The number of hydrogen-bond acceptors (Lipinski definition) is 8. The fraction of sp³-hybridized carbons (Fsp3) is 0.929. The molecule has 0 saturated carbocycles. The van der Waals surface area contributed by atoms with Gasteiger partial charge >= 0.3 is 0 Å². The summed E-state index contributed by atoms with van der Waals surface area (Å²) < 4.78 is 11.2. The molecule has 6 N–H and O–H groups in total. The molecule has 9 nitrogen and oxygen atoms in total. The molecular weight excluding hydrogens is 646 g/mol. The first kappa shape index (κ1) is 48.0. The van der Waals surface area contributed by atoms with Gasteiger partial charge in [-0.25, -0.2) is 0 Å². The number of rotatable bonds is 34. The van der Waals surface area contributed by atoms with E-state index in [9.17, 15) is 30.3 Å². The van der Waals surface area contributed by atoms with E-state index in [2.05, 4.69) is 26.1 Å². The molecule has 1 aliphatic heterocycles. The minimum Gasteiger partial charge on any atom is -0.394 e. The number of aliphatic hydroxyl groups is 5. The van der Waals surface area contributed by atoms with Crippen LogP contribution in [0.15, 0.2) is 12.2 Å². The van der Waals surface area contributed by atoms with Gasteiger partial charge < -0.3 is 40.3 Å². The lowest BCUT2D eigenvalue weighted by atomic mass is 9.99. The third-order valence-electron chi connectivity index (χ3n) is 10.3. The number of carbonyl (C=O) groups excluding carboxylic acids is 1. The molecule has 0 aromatic heterocycles. The number of aliphatic hydroxyl groups excluding tert-OH is 5. The van der Waals surface area contributed by atoms with Gasteiger partial charge in [0.1, 0.15) is 24.4 Å². The number of nitrogens with one attached hydrogen (secondary N) is 1. The first-order valence-corrected chi connectivity index (χ1v) is 21.3. The molecule has 7 atom stereocenters. The van der Waals surface area contributed by atoms with Crippen LogP contribution >= 0.6 is 0 Å². The van der Waals surface area contributed by atoms with Crippen LogP contribution in [0.2, 0.25) is 0 Å². The lowest BCUT2D eigenvalue weighted by Crippen LogP contribution is -2.60. The molecule has 51 heavy (non-hydrogen) atoms. The average Bonchev–Trinajstić information content (AvgIpc) is 3.11. The summed E-state index contributed by atoms with van der Waals surface area (Å²) in [7, 11) is 0. The summed E-state index contributed by atoms with van der Waals surface area (Å²) in [4.78, 5) is 12.9. The first-order valence-electron chi connectivity index (χ1n) is 21.3. The van der Waals surface area contributed by atoms with Crippen LogP contribution in [0.3, 0.4) is 0 Å². The Labute approximate surface area is 312 Å². The fourth-order valence-corrected chi connectivity index (χ4v) is 6.81. The predicted molar refractivity (Wildman–Crippen MR) is 207 cm³/mol. The molecule has 9 heteroatoms. The third kappa shape index (κ3) is 24.8. The van der Waals surface area contributed by atoms with Crippen LogP contribution in [0.1, 0.15) is 188 Å². The van der Waals surface area contributed by atoms with Crippen molar-refractivity contribution >= 4 is 5.91 Å². The summed E-state index contributed by atoms with van der Waals surface area (Å²) in [5.74, 6) is 0.616. The summed E-state index contributed by atoms with van der Waals surface area (Å²) in [5.41, 5.74) is 0. The Kier molecular flexibility index (Phi) is 30.4. The molecule has 1 rings (SSSR count). The van der Waals surface area contributed by atoms with Crippen molar-refractivity contribution in [1.29, 1.82) is 0 Å². The maximum absolute atomic E-state index is 12.9. The van der Waals surface area contributed by atoms with Gasteiger partial charge in [-0.2, -0.15) is 0 Å². The Hall–Kier alpha value is -1.07. The van der Waals surface area contributed by atoms with Gasteiger partial charge in [-0.3, -0.25) is 4.79 Å². The van der Waals surface area contributed by atoms with Crippen LogP contribution in [0.25, 0.3) is 0 Å². The van der Waals surface area contributed by atoms with Crippen LogP contribution in [0.4, 0.5) is 0 Å². The van der Waals surface area contributed by atoms with E-state index in [-0.39, 0.29) is 12.5 Å². The quantitative estimate of drug-likeness (QED) is 0.0288. The standard InChI is InChI=1S/C42H81NO8/c1-4-5-6-7-8-9-10-11-12-13-14-19-22-25-28-31-38(46)43-35(33-50-42-41(49)40(48)39(47)37(32-44)51-42)36(45)30-27-24-21-18-16-15-17-20-23-26-29-34(2)3/h27,30,34-37,39-42,44-45,47-49H,4-26,28-29,31-33H2,1-3H3,(H,43,46)/b30-27+/t35-,36+,37+,39+,40-,41+,42+/m0/s1. The van der Waals surface area contributed by atoms with Gasteiger partial charge in [0.25, 0.3) is 0 Å². The van der Waals surface area contributed by atoms with E-state index >= 15 is 0 Å². The van der Waals surface area contributed by atoms with E-state index in [1.54, 1.807) is 6.08 Å². The zero-order valence-electron chi connectivity index (χ0n) is 33.0. The number of allylic oxidation sites excluding steroid dienone is 1. The molecule has 0 bridgehead atoms. The van der Waals surface area contributed by atoms with E-state index in [1.165, 1.54) is 122 Å². The van der Waals surface area contributed by atoms with Gasteiger partial charge in [0.05, 0.1) is 25.4 Å². The maximum atomic E-state index is 12.9. The van der Waals surface area contributed by atoms with E-state index in [0.717, 1.165) is 44.4 Å². The van der Waals surface area contributed by atoms with Crippen molar-refractivity contribution in [2.24, 2.45) is 5.92 Å². The highest BCUT2D eigenvalue weighted by Gasteiger charge is 2.44. The van der Waals surface area contributed by atoms with Gasteiger partial charge in [-0.15, -0.1) is 0 Å². The van der Waals surface area contributed by atoms with E-state index < -0.39 is 49.5 Å². The molecule has 0 spiro atoms. The summed E-state index contributed by atoms with van der Waals surface area (Å²) in [5, 5.41) is 54.0. The summed E-state index contributed by atoms with van der Waals surface area (Å²) in [6, 6.07) is -0.798. The van der Waals surface area contributed by atoms with Crippen molar-refractivity contribution < 1.29 is 39.8 Å². The molecule has 1 fully saturated rings. The molecule has 0 aromatic carbocycles. The van der Waals surface area contributed by atoms with Gasteiger partial charge in [0.15, 0.2) is 6.29 Å². The van der Waals surface area contributed by atoms with Crippen molar-refractivity contribution in [3.8, 4) is 0 Å². The van der Waals surface area contributed by atoms with Crippen molar-refractivity contribution in [2.75, 3.05) is 13.2 Å². The highest BCUT2D eigenvalue weighted by molar-refractivity contribution is 5.76. The molecule has 1 amide bonds. The van der Waals surface area contributed by atoms with Gasteiger partial charge in [0.2, 0.25) is 5.91 Å². The maximum Gasteiger partial charge on any atom is 0.220 e. The number of unbranched alkanes of at least 4 members (excludes halogenated alkanes) is 22. The SMILES string of the molecule is CCCCCCCCCCCCCCCCCC(=O)N[C@@H](CO[C@@H]1O[C@H](CO)[C@@H](O)[C@H](O)[C@H]1O)[C@H](O)/C=C/CCCCCCCCCCC(C)C. The molecule has 1 heterocycles. The normalized spacial score (nSPS) is 22.2. The molecule has 0 aromatic rings. The smallest absolute Gasteiger partial charge is 0.220 e. The Balaban J connectivity index is 2.40. The largest absolute Gasteiger partial charge is 0.394 e. The highest BCUT2D eigenvalue weighted by Crippen LogP contribution is 2.22. The molecule has 0 unspecified atom stereocenters. The van der Waals surface area contributed by atoms with Gasteiger partial charge in [-0.1, -0.05) is 174 Å². The summed E-state index contributed by atoms with van der Waals surface area (Å²) in [6.45, 7) is 6.08. The molecular formula is C42H81NO8. The Morgan fingerprint density at radius 3 is 1.71 bits per heavy atom. The predicted octanol–water partition coefficient (Wildman–Crippen LogP) is 8.02. The number of hydrogen-bond donors (Lipinski definition) is 6. The van der Waals surface area contributed by atoms with Crippen LogP contribution in [-0.2, 0) is 14.3 Å². The second-order valence-electron chi connectivity index (χ2n) is 15.6. The van der Waals surface area contributed by atoms with Crippen molar-refractivity contribution in [3.63, 3.8) is 0 Å². The van der Waals surface area contributed by atoms with Crippen LogP contribution in [-0.4, -0.2) is 87.5 Å². The zero-order valence-corrected chi connectivity index (χ0v) is 33.0. The topological polar surface area (TPSA) is 149 Å². The second-order valence-corrected chi connectivity index (χ2v) is 15.6. The molecule has 0 radical (unpaired) electrons. The number of amides is 1. The van der Waals surface area contributed by atoms with E-state index in [1.807, 2.05) is 6.08 Å². The fourth-order valence-electron chi connectivity index (χ4n) is 6.81. The molecule has 302 valence electrons. The number of carbonyl (C=O) groups is 1. The zero-order chi connectivity index (χ0) is 37.5. The van der Waals surface area contributed by atoms with Crippen molar-refractivity contribution in [2.45, 2.75) is 231 Å². The lowest BCUT2D eigenvalue weighted by molar-refractivity contribution is -0.302. The Bertz CT molecular complexity index is 825. The van der Waals surface area contributed by atoms with E-state index in [0.29, 0.717) is 6.42 Å². The second kappa shape index (κ2) is 32.4. The monoisotopic (exact) mass is 728 g/mol.